The molecule has 1 N–H and O–H groups in total. The van der Waals surface area contributed by atoms with E-state index in [2.05, 4.69) is 11.5 Å². The molecule has 1 heterocycles. The van der Waals surface area contributed by atoms with E-state index < -0.39 is 0 Å². The fourth-order valence-electron chi connectivity index (χ4n) is 1.15. The third-order valence-corrected chi connectivity index (χ3v) is 1.88. The van der Waals surface area contributed by atoms with Gasteiger partial charge in [0.2, 0.25) is 5.69 Å². The molecule has 2 heteroatoms. The first-order chi connectivity index (χ1) is 5.88. The van der Waals surface area contributed by atoms with Crippen molar-refractivity contribution in [1.82, 2.24) is 0 Å². The number of hydrogen-bond donors (Lipinski definition) is 1. The maximum atomic E-state index is 7.17. The van der Waals surface area contributed by atoms with E-state index in [0.29, 0.717) is 0 Å². The lowest BCUT2D eigenvalue weighted by molar-refractivity contribution is -0.698. The van der Waals surface area contributed by atoms with E-state index in [-0.39, 0.29) is 0 Å². The predicted molar refractivity (Wildman–Crippen MR) is 49.4 cm³/mol. The summed E-state index contributed by atoms with van der Waals surface area (Å²) in [7, 11) is 0. The Morgan fingerprint density at radius 2 is 2.33 bits per heavy atom. The molecule has 1 aromatic rings. The first kappa shape index (κ1) is 8.91. The van der Waals surface area contributed by atoms with Gasteiger partial charge in [-0.15, -0.1) is 0 Å². The van der Waals surface area contributed by atoms with Crippen molar-refractivity contribution in [2.45, 2.75) is 26.3 Å². The van der Waals surface area contributed by atoms with E-state index in [1.807, 2.05) is 24.4 Å². The zero-order chi connectivity index (χ0) is 8.81. The van der Waals surface area contributed by atoms with Crippen molar-refractivity contribution in [3.8, 4) is 0 Å². The van der Waals surface area contributed by atoms with Gasteiger partial charge in [0, 0.05) is 18.6 Å². The lowest BCUT2D eigenvalue weighted by Gasteiger charge is -1.97. The van der Waals surface area contributed by atoms with Crippen molar-refractivity contribution < 1.29 is 4.57 Å². The Kier molecular flexibility index (Phi) is 3.45. The standard InChI is InChI=1S/C10H15N2/c1-2-3-7-12-8-5-4-6-10(12)9-11/h4-6,8-9,11H,2-3,7H2,1H3/q+1. The summed E-state index contributed by atoms with van der Waals surface area (Å²) < 4.78 is 2.11. The third kappa shape index (κ3) is 2.16. The second-order valence-corrected chi connectivity index (χ2v) is 2.82. The minimum Gasteiger partial charge on any atom is -0.302 e. The number of rotatable bonds is 4. The molecule has 2 nitrogen and oxygen atoms in total. The molecule has 1 rings (SSSR count). The average molecular weight is 163 g/mol. The molecule has 0 radical (unpaired) electrons. The topological polar surface area (TPSA) is 27.7 Å². The van der Waals surface area contributed by atoms with Crippen LogP contribution in [0.1, 0.15) is 25.5 Å². The van der Waals surface area contributed by atoms with Gasteiger partial charge in [-0.2, -0.15) is 4.57 Å². The van der Waals surface area contributed by atoms with E-state index in [4.69, 9.17) is 5.41 Å². The van der Waals surface area contributed by atoms with Gasteiger partial charge < -0.3 is 5.41 Å². The lowest BCUT2D eigenvalue weighted by atomic mass is 10.3. The maximum absolute atomic E-state index is 7.17. The normalized spacial score (nSPS) is 9.75. The summed E-state index contributed by atoms with van der Waals surface area (Å²) in [4.78, 5) is 0. The van der Waals surface area contributed by atoms with Crippen LogP contribution in [0.15, 0.2) is 24.4 Å². The first-order valence-corrected chi connectivity index (χ1v) is 4.37. The van der Waals surface area contributed by atoms with Crippen molar-refractivity contribution in [1.29, 1.82) is 5.41 Å². The smallest absolute Gasteiger partial charge is 0.222 e. The number of aryl methyl sites for hydroxylation is 1. The van der Waals surface area contributed by atoms with E-state index >= 15 is 0 Å². The zero-order valence-electron chi connectivity index (χ0n) is 7.46. The molecular formula is C10H15N2+. The van der Waals surface area contributed by atoms with Crippen LogP contribution in [0.4, 0.5) is 0 Å². The highest BCUT2D eigenvalue weighted by molar-refractivity contribution is 5.71. The van der Waals surface area contributed by atoms with Crippen molar-refractivity contribution in [3.05, 3.63) is 30.1 Å². The molecule has 64 valence electrons. The Morgan fingerprint density at radius 1 is 1.50 bits per heavy atom. The minimum atomic E-state index is 0.978. The van der Waals surface area contributed by atoms with Crippen molar-refractivity contribution in [3.63, 3.8) is 0 Å². The van der Waals surface area contributed by atoms with Gasteiger partial charge in [0.1, 0.15) is 6.54 Å². The predicted octanol–water partition coefficient (Wildman–Crippen LogP) is 1.77. The number of nitrogens with one attached hydrogen (secondary N) is 1. The molecule has 0 unspecified atom stereocenters. The van der Waals surface area contributed by atoms with Gasteiger partial charge in [-0.1, -0.05) is 13.3 Å². The molecule has 0 spiro atoms. The van der Waals surface area contributed by atoms with Gasteiger partial charge in [0.15, 0.2) is 6.20 Å². The molecule has 1 aromatic heterocycles. The van der Waals surface area contributed by atoms with Crippen LogP contribution < -0.4 is 4.57 Å². The van der Waals surface area contributed by atoms with Gasteiger partial charge in [-0.05, 0) is 6.07 Å². The SMILES string of the molecule is CCCC[n+]1ccccc1C=N. The minimum absolute atomic E-state index is 0.978. The van der Waals surface area contributed by atoms with E-state index in [0.717, 1.165) is 12.2 Å². The largest absolute Gasteiger partial charge is 0.302 e. The lowest BCUT2D eigenvalue weighted by Crippen LogP contribution is -2.37. The summed E-state index contributed by atoms with van der Waals surface area (Å²) >= 11 is 0. The van der Waals surface area contributed by atoms with E-state index in [9.17, 15) is 0 Å². The van der Waals surface area contributed by atoms with Crippen LogP contribution in [0.25, 0.3) is 0 Å². The number of aromatic nitrogens is 1. The van der Waals surface area contributed by atoms with Gasteiger partial charge in [-0.25, -0.2) is 0 Å². The Hall–Kier alpha value is -1.18. The van der Waals surface area contributed by atoms with Crippen LogP contribution >= 0.6 is 0 Å². The third-order valence-electron chi connectivity index (χ3n) is 1.88. The first-order valence-electron chi connectivity index (χ1n) is 4.37. The number of hydrogen-bond acceptors (Lipinski definition) is 1. The van der Waals surface area contributed by atoms with Crippen molar-refractivity contribution in [2.24, 2.45) is 0 Å². The number of unbranched alkanes of at least 4 members (excludes halogenated alkanes) is 1. The van der Waals surface area contributed by atoms with Gasteiger partial charge in [0.25, 0.3) is 0 Å². The maximum Gasteiger partial charge on any atom is 0.222 e. The molecule has 0 aliphatic carbocycles. The molecule has 0 saturated carbocycles. The van der Waals surface area contributed by atoms with Gasteiger partial charge >= 0.3 is 0 Å². The fourth-order valence-corrected chi connectivity index (χ4v) is 1.15. The molecular weight excluding hydrogens is 148 g/mol. The molecule has 12 heavy (non-hydrogen) atoms. The van der Waals surface area contributed by atoms with Gasteiger partial charge in [0.05, 0.1) is 6.21 Å². The number of pyridine rings is 1. The van der Waals surface area contributed by atoms with Crippen LogP contribution in [0, 0.1) is 5.41 Å². The Balaban J connectivity index is 2.75. The molecule has 0 aromatic carbocycles. The summed E-state index contributed by atoms with van der Waals surface area (Å²) in [5.41, 5.74) is 0.978. The van der Waals surface area contributed by atoms with Crippen LogP contribution in [-0.4, -0.2) is 6.21 Å². The molecule has 0 fully saturated rings. The highest BCUT2D eigenvalue weighted by atomic mass is 14.9. The summed E-state index contributed by atoms with van der Waals surface area (Å²) in [6, 6.07) is 5.92. The van der Waals surface area contributed by atoms with E-state index in [1.54, 1.807) is 0 Å². The van der Waals surface area contributed by atoms with Crippen LogP contribution in [0.3, 0.4) is 0 Å². The highest BCUT2D eigenvalue weighted by Gasteiger charge is 2.03. The fraction of sp³-hybridized carbons (Fsp3) is 0.400. The van der Waals surface area contributed by atoms with Crippen LogP contribution in [0.2, 0.25) is 0 Å². The monoisotopic (exact) mass is 163 g/mol. The highest BCUT2D eigenvalue weighted by Crippen LogP contribution is 1.90. The summed E-state index contributed by atoms with van der Waals surface area (Å²) in [5.74, 6) is 0. The van der Waals surface area contributed by atoms with Crippen molar-refractivity contribution >= 4 is 6.21 Å². The molecule has 0 amide bonds. The zero-order valence-corrected chi connectivity index (χ0v) is 7.46. The van der Waals surface area contributed by atoms with Gasteiger partial charge in [-0.3, -0.25) is 0 Å². The van der Waals surface area contributed by atoms with E-state index in [1.165, 1.54) is 19.1 Å². The second-order valence-electron chi connectivity index (χ2n) is 2.82. The second kappa shape index (κ2) is 4.65. The Labute approximate surface area is 73.4 Å². The van der Waals surface area contributed by atoms with Crippen LogP contribution in [-0.2, 0) is 6.54 Å². The van der Waals surface area contributed by atoms with Crippen LogP contribution in [0.5, 0.6) is 0 Å². The summed E-state index contributed by atoms with van der Waals surface area (Å²) in [5, 5.41) is 7.17. The molecule has 0 bridgehead atoms. The average Bonchev–Trinajstić information content (AvgIpc) is 2.15. The summed E-state index contributed by atoms with van der Waals surface area (Å²) in [6.45, 7) is 3.19. The molecule has 0 aliphatic rings. The molecule has 0 atom stereocenters. The molecule has 0 saturated heterocycles. The quantitative estimate of drug-likeness (QED) is 0.517. The van der Waals surface area contributed by atoms with Crippen molar-refractivity contribution in [2.75, 3.05) is 0 Å². The summed E-state index contributed by atoms with van der Waals surface area (Å²) in [6.07, 6.45) is 5.79. The number of nitrogens with zero attached hydrogens (tertiary/aromatic N) is 1. The Morgan fingerprint density at radius 3 is 3.00 bits per heavy atom. The Bertz CT molecular complexity index is 256. The molecule has 0 aliphatic heterocycles.